The second kappa shape index (κ2) is 7.66. The first kappa shape index (κ1) is 18.9. The van der Waals surface area contributed by atoms with Gasteiger partial charge in [-0.1, -0.05) is 39.0 Å². The molecule has 1 aliphatic heterocycles. The summed E-state index contributed by atoms with van der Waals surface area (Å²) in [6, 6.07) is 8.32. The van der Waals surface area contributed by atoms with Crippen molar-refractivity contribution in [3.63, 3.8) is 0 Å². The zero-order chi connectivity index (χ0) is 17.8. The number of piperazine rings is 1. The Hall–Kier alpha value is -1.40. The van der Waals surface area contributed by atoms with Crippen LogP contribution < -0.4 is 0 Å². The number of carbonyl (C=O) groups is 1. The fourth-order valence-electron chi connectivity index (χ4n) is 2.95. The fourth-order valence-corrected chi connectivity index (χ4v) is 4.20. The van der Waals surface area contributed by atoms with E-state index in [9.17, 15) is 13.2 Å². The molecule has 0 bridgehead atoms. The molecule has 0 saturated carbocycles. The van der Waals surface area contributed by atoms with Gasteiger partial charge in [0.15, 0.2) is 9.84 Å². The molecule has 0 N–H and O–H groups in total. The maximum absolute atomic E-state index is 12.3. The van der Waals surface area contributed by atoms with Crippen LogP contribution >= 0.6 is 0 Å². The Morgan fingerprint density at radius 1 is 1.04 bits per heavy atom. The molecule has 0 atom stereocenters. The molecule has 1 saturated heterocycles. The van der Waals surface area contributed by atoms with Gasteiger partial charge in [-0.2, -0.15) is 0 Å². The molecule has 2 rings (SSSR count). The monoisotopic (exact) mass is 352 g/mol. The minimum absolute atomic E-state index is 0.0521. The average molecular weight is 353 g/mol. The number of benzene rings is 1. The number of carbonyl (C=O) groups excluding carboxylic acids is 1. The zero-order valence-electron chi connectivity index (χ0n) is 14.9. The Bertz CT molecular complexity index is 643. The van der Waals surface area contributed by atoms with Gasteiger partial charge in [0.1, 0.15) is 0 Å². The van der Waals surface area contributed by atoms with Gasteiger partial charge < -0.3 is 4.90 Å². The molecule has 0 radical (unpaired) electrons. The van der Waals surface area contributed by atoms with Gasteiger partial charge in [0.2, 0.25) is 5.91 Å². The lowest BCUT2D eigenvalue weighted by Crippen LogP contribution is -2.50. The van der Waals surface area contributed by atoms with Crippen LogP contribution in [0.3, 0.4) is 0 Å². The molecule has 0 unspecified atom stereocenters. The van der Waals surface area contributed by atoms with Gasteiger partial charge in [-0.25, -0.2) is 8.42 Å². The van der Waals surface area contributed by atoms with Crippen molar-refractivity contribution in [3.05, 3.63) is 30.3 Å². The standard InChI is InChI=1S/C18H28N2O3S/c1-18(2,3)15-19-10-12-20(13-11-19)17(21)9-14-24(22,23)16-7-5-4-6-8-16/h4-8H,9-15H2,1-3H3. The SMILES string of the molecule is CC(C)(C)CN1CCN(C(=O)CCS(=O)(=O)c2ccccc2)CC1. The second-order valence-corrected chi connectivity index (χ2v) is 9.71. The number of hydrogen-bond donors (Lipinski definition) is 0. The highest BCUT2D eigenvalue weighted by Gasteiger charge is 2.25. The van der Waals surface area contributed by atoms with E-state index in [1.54, 1.807) is 35.2 Å². The molecule has 6 heteroatoms. The topological polar surface area (TPSA) is 57.7 Å². The summed E-state index contributed by atoms with van der Waals surface area (Å²) in [6.45, 7) is 10.7. The predicted octanol–water partition coefficient (Wildman–Crippen LogP) is 2.04. The van der Waals surface area contributed by atoms with Gasteiger partial charge in [-0.15, -0.1) is 0 Å². The first-order valence-corrected chi connectivity index (χ1v) is 10.1. The molecule has 1 aliphatic rings. The van der Waals surface area contributed by atoms with Crippen molar-refractivity contribution in [1.29, 1.82) is 0 Å². The van der Waals surface area contributed by atoms with Crippen molar-refractivity contribution >= 4 is 15.7 Å². The molecule has 1 amide bonds. The number of amides is 1. The summed E-state index contributed by atoms with van der Waals surface area (Å²) in [7, 11) is -3.39. The highest BCUT2D eigenvalue weighted by Crippen LogP contribution is 2.17. The maximum atomic E-state index is 12.3. The minimum atomic E-state index is -3.39. The van der Waals surface area contributed by atoms with Gasteiger partial charge in [-0.3, -0.25) is 9.69 Å². The Morgan fingerprint density at radius 3 is 2.17 bits per heavy atom. The fraction of sp³-hybridized carbons (Fsp3) is 0.611. The molecule has 1 aromatic rings. The average Bonchev–Trinajstić information content (AvgIpc) is 2.53. The van der Waals surface area contributed by atoms with E-state index in [2.05, 4.69) is 25.7 Å². The first-order chi connectivity index (χ1) is 11.2. The van der Waals surface area contributed by atoms with Crippen molar-refractivity contribution in [2.75, 3.05) is 38.5 Å². The molecule has 0 aliphatic carbocycles. The Kier molecular flexibility index (Phi) is 6.04. The van der Waals surface area contributed by atoms with Crippen LogP contribution in [-0.2, 0) is 14.6 Å². The minimum Gasteiger partial charge on any atom is -0.340 e. The van der Waals surface area contributed by atoms with Gasteiger partial charge >= 0.3 is 0 Å². The number of hydrogen-bond acceptors (Lipinski definition) is 4. The summed E-state index contributed by atoms with van der Waals surface area (Å²) in [5, 5.41) is 0. The molecular weight excluding hydrogens is 324 g/mol. The van der Waals surface area contributed by atoms with Crippen LogP contribution in [0, 0.1) is 5.41 Å². The molecule has 5 nitrogen and oxygen atoms in total. The summed E-state index contributed by atoms with van der Waals surface area (Å²) < 4.78 is 24.5. The largest absolute Gasteiger partial charge is 0.340 e. The maximum Gasteiger partial charge on any atom is 0.223 e. The lowest BCUT2D eigenvalue weighted by atomic mass is 9.96. The zero-order valence-corrected chi connectivity index (χ0v) is 15.7. The van der Waals surface area contributed by atoms with Crippen LogP contribution in [0.15, 0.2) is 35.2 Å². The van der Waals surface area contributed by atoms with Gasteiger partial charge in [0, 0.05) is 39.1 Å². The van der Waals surface area contributed by atoms with Crippen molar-refractivity contribution in [3.8, 4) is 0 Å². The van der Waals surface area contributed by atoms with Gasteiger partial charge in [-0.05, 0) is 17.5 Å². The van der Waals surface area contributed by atoms with Gasteiger partial charge in [0.25, 0.3) is 0 Å². The van der Waals surface area contributed by atoms with Crippen molar-refractivity contribution < 1.29 is 13.2 Å². The smallest absolute Gasteiger partial charge is 0.223 e. The van der Waals surface area contributed by atoms with Crippen LogP contribution in [0.2, 0.25) is 0 Å². The van der Waals surface area contributed by atoms with E-state index in [1.165, 1.54) is 0 Å². The molecule has 1 heterocycles. The van der Waals surface area contributed by atoms with E-state index in [0.29, 0.717) is 13.1 Å². The summed E-state index contributed by atoms with van der Waals surface area (Å²) in [5.74, 6) is -0.192. The quantitative estimate of drug-likeness (QED) is 0.814. The Balaban J connectivity index is 1.82. The predicted molar refractivity (Wildman–Crippen MR) is 95.6 cm³/mol. The van der Waals surface area contributed by atoms with E-state index >= 15 is 0 Å². The van der Waals surface area contributed by atoms with Crippen molar-refractivity contribution in [2.45, 2.75) is 32.1 Å². The van der Waals surface area contributed by atoms with Crippen LogP contribution in [0.1, 0.15) is 27.2 Å². The van der Waals surface area contributed by atoms with Crippen LogP contribution in [0.4, 0.5) is 0 Å². The van der Waals surface area contributed by atoms with E-state index < -0.39 is 9.84 Å². The molecule has 1 aromatic carbocycles. The lowest BCUT2D eigenvalue weighted by Gasteiger charge is -2.37. The summed E-state index contributed by atoms with van der Waals surface area (Å²) in [5.41, 5.74) is 0.246. The highest BCUT2D eigenvalue weighted by atomic mass is 32.2. The number of sulfone groups is 1. The Morgan fingerprint density at radius 2 is 1.62 bits per heavy atom. The number of rotatable bonds is 5. The molecule has 134 valence electrons. The van der Waals surface area contributed by atoms with Gasteiger partial charge in [0.05, 0.1) is 10.6 Å². The van der Waals surface area contributed by atoms with Crippen molar-refractivity contribution in [1.82, 2.24) is 9.80 Å². The third kappa shape index (κ3) is 5.60. The molecule has 0 spiro atoms. The number of nitrogens with zero attached hydrogens (tertiary/aromatic N) is 2. The third-order valence-electron chi connectivity index (χ3n) is 4.11. The Labute approximate surface area is 145 Å². The van der Waals surface area contributed by atoms with E-state index in [1.807, 2.05) is 0 Å². The van der Waals surface area contributed by atoms with Crippen LogP contribution in [-0.4, -0.2) is 62.6 Å². The summed E-state index contributed by atoms with van der Waals surface area (Å²) in [4.78, 5) is 16.8. The summed E-state index contributed by atoms with van der Waals surface area (Å²) >= 11 is 0. The second-order valence-electron chi connectivity index (χ2n) is 7.60. The van der Waals surface area contributed by atoms with Crippen molar-refractivity contribution in [2.24, 2.45) is 5.41 Å². The molecular formula is C18H28N2O3S. The molecule has 24 heavy (non-hydrogen) atoms. The first-order valence-electron chi connectivity index (χ1n) is 8.45. The van der Waals surface area contributed by atoms with E-state index in [0.717, 1.165) is 19.6 Å². The third-order valence-corrected chi connectivity index (χ3v) is 5.84. The van der Waals surface area contributed by atoms with E-state index in [4.69, 9.17) is 0 Å². The van der Waals surface area contributed by atoms with Crippen LogP contribution in [0.5, 0.6) is 0 Å². The molecule has 1 fully saturated rings. The van der Waals surface area contributed by atoms with E-state index in [-0.39, 0.29) is 28.4 Å². The highest BCUT2D eigenvalue weighted by molar-refractivity contribution is 7.91. The van der Waals surface area contributed by atoms with Crippen LogP contribution in [0.25, 0.3) is 0 Å². The lowest BCUT2D eigenvalue weighted by molar-refractivity contribution is -0.132. The summed E-state index contributed by atoms with van der Waals surface area (Å²) in [6.07, 6.45) is 0.0521. The normalized spacial score (nSPS) is 17.0. The molecule has 0 aromatic heterocycles.